The van der Waals surface area contributed by atoms with Gasteiger partial charge < -0.3 is 38.9 Å². The van der Waals surface area contributed by atoms with Crippen molar-refractivity contribution in [1.82, 2.24) is 0 Å². The Labute approximate surface area is 238 Å². The van der Waals surface area contributed by atoms with E-state index in [2.05, 4.69) is 0 Å². The van der Waals surface area contributed by atoms with Gasteiger partial charge in [-0.25, -0.2) is 14.4 Å². The van der Waals surface area contributed by atoms with Crippen LogP contribution < -0.4 is 19.9 Å². The normalized spacial score (nSPS) is 12.8. The summed E-state index contributed by atoms with van der Waals surface area (Å²) in [5.41, 5.74) is 4.82. The highest BCUT2D eigenvalue weighted by Gasteiger charge is 2.25. The molecule has 12 nitrogen and oxygen atoms in total. The van der Waals surface area contributed by atoms with Crippen molar-refractivity contribution in [1.29, 1.82) is 0 Å². The fraction of sp³-hybridized carbons (Fsp3) is 0.448. The zero-order valence-electron chi connectivity index (χ0n) is 24.3. The van der Waals surface area contributed by atoms with Crippen LogP contribution in [-0.2, 0) is 30.2 Å². The van der Waals surface area contributed by atoms with E-state index in [9.17, 15) is 19.2 Å². The number of esters is 1. The summed E-state index contributed by atoms with van der Waals surface area (Å²) in [7, 11) is 0. The number of carbonyl (C=O) groups excluding carboxylic acids is 4. The number of rotatable bonds is 9. The molecule has 2 aromatic carbocycles. The SMILES string of the molecule is C[C@@H](COC(=O)[C@@H](N)Cc1ccc(OC(=O)OC(C)(C)C)c(OC(=O)OC(C)(C)C)c1)OC(=O)Oc1ccccc1. The van der Waals surface area contributed by atoms with E-state index in [1.807, 2.05) is 0 Å². The molecule has 41 heavy (non-hydrogen) atoms. The van der Waals surface area contributed by atoms with Crippen molar-refractivity contribution >= 4 is 24.4 Å². The number of nitrogens with two attached hydrogens (primary N) is 1. The third-order valence-electron chi connectivity index (χ3n) is 4.63. The van der Waals surface area contributed by atoms with Gasteiger partial charge in [0.2, 0.25) is 0 Å². The molecule has 0 aliphatic carbocycles. The summed E-state index contributed by atoms with van der Waals surface area (Å²) in [5, 5.41) is 0. The lowest BCUT2D eigenvalue weighted by Gasteiger charge is -2.21. The van der Waals surface area contributed by atoms with Crippen LogP contribution >= 0.6 is 0 Å². The fourth-order valence-corrected chi connectivity index (χ4v) is 3.02. The Balaban J connectivity index is 2.01. The topological polar surface area (TPSA) is 159 Å². The van der Waals surface area contributed by atoms with Crippen molar-refractivity contribution in [2.45, 2.75) is 78.2 Å². The standard InChI is InChI=1S/C29H37NO11/c1-18(36-25(32)37-20-11-9-8-10-12-20)17-35-24(31)21(30)15-19-13-14-22(38-26(33)40-28(2,3)4)23(16-19)39-27(34)41-29(5,6)7/h8-14,16,18,21H,15,17,30H2,1-7H3/t18-,21-/m0/s1. The Morgan fingerprint density at radius 2 is 1.32 bits per heavy atom. The van der Waals surface area contributed by atoms with Gasteiger partial charge in [-0.3, -0.25) is 4.79 Å². The maximum absolute atomic E-state index is 12.5. The van der Waals surface area contributed by atoms with Crippen LogP contribution in [0.15, 0.2) is 48.5 Å². The van der Waals surface area contributed by atoms with E-state index in [0.29, 0.717) is 11.3 Å². The minimum absolute atomic E-state index is 0.0263. The Morgan fingerprint density at radius 1 is 0.756 bits per heavy atom. The molecule has 0 unspecified atom stereocenters. The Bertz CT molecular complexity index is 1200. The van der Waals surface area contributed by atoms with E-state index in [-0.39, 0.29) is 24.5 Å². The zero-order chi connectivity index (χ0) is 30.8. The maximum atomic E-state index is 12.5. The number of carbonyl (C=O) groups is 4. The second-order valence-electron chi connectivity index (χ2n) is 10.9. The van der Waals surface area contributed by atoms with Gasteiger partial charge in [-0.1, -0.05) is 24.3 Å². The first-order valence-corrected chi connectivity index (χ1v) is 12.8. The highest BCUT2D eigenvalue weighted by Crippen LogP contribution is 2.31. The molecule has 0 aromatic heterocycles. The molecular formula is C29H37NO11. The predicted octanol–water partition coefficient (Wildman–Crippen LogP) is 5.33. The molecule has 0 fully saturated rings. The minimum atomic E-state index is -1.12. The Hall–Kier alpha value is -4.32. The van der Waals surface area contributed by atoms with Crippen molar-refractivity contribution in [3.8, 4) is 17.2 Å². The summed E-state index contributed by atoms with van der Waals surface area (Å²) < 4.78 is 36.1. The van der Waals surface area contributed by atoms with Crippen molar-refractivity contribution in [3.05, 3.63) is 54.1 Å². The van der Waals surface area contributed by atoms with Crippen molar-refractivity contribution in [2.24, 2.45) is 5.73 Å². The Morgan fingerprint density at radius 3 is 1.88 bits per heavy atom. The highest BCUT2D eigenvalue weighted by molar-refractivity contribution is 5.76. The van der Waals surface area contributed by atoms with Crippen LogP contribution in [0.4, 0.5) is 14.4 Å². The molecule has 0 saturated carbocycles. The number of hydrogen-bond acceptors (Lipinski definition) is 12. The first-order valence-electron chi connectivity index (χ1n) is 12.8. The first-order chi connectivity index (χ1) is 19.0. The summed E-state index contributed by atoms with van der Waals surface area (Å²) in [4.78, 5) is 48.9. The van der Waals surface area contributed by atoms with Gasteiger partial charge in [0, 0.05) is 0 Å². The number of benzene rings is 2. The minimum Gasteiger partial charge on any atom is -0.461 e. The van der Waals surface area contributed by atoms with E-state index in [1.54, 1.807) is 71.9 Å². The summed E-state index contributed by atoms with van der Waals surface area (Å²) in [6.45, 7) is 11.2. The molecule has 0 spiro atoms. The summed E-state index contributed by atoms with van der Waals surface area (Å²) in [6, 6.07) is 11.5. The van der Waals surface area contributed by atoms with Gasteiger partial charge >= 0.3 is 24.4 Å². The molecule has 0 bridgehead atoms. The van der Waals surface area contributed by atoms with Crippen molar-refractivity contribution in [2.75, 3.05) is 6.61 Å². The summed E-state index contributed by atoms with van der Waals surface area (Å²) in [6.07, 6.45) is -3.83. The number of para-hydroxylation sites is 1. The van der Waals surface area contributed by atoms with Gasteiger partial charge in [0.1, 0.15) is 35.7 Å². The predicted molar refractivity (Wildman–Crippen MR) is 146 cm³/mol. The molecule has 0 aliphatic rings. The van der Waals surface area contributed by atoms with Crippen LogP contribution in [0.2, 0.25) is 0 Å². The largest absolute Gasteiger partial charge is 0.514 e. The molecule has 2 atom stereocenters. The molecule has 224 valence electrons. The molecule has 12 heteroatoms. The van der Waals surface area contributed by atoms with E-state index in [0.717, 1.165) is 0 Å². The number of hydrogen-bond donors (Lipinski definition) is 1. The van der Waals surface area contributed by atoms with Crippen LogP contribution in [-0.4, -0.2) is 54.4 Å². The Kier molecular flexibility index (Phi) is 11.5. The lowest BCUT2D eigenvalue weighted by atomic mass is 10.1. The van der Waals surface area contributed by atoms with Crippen molar-refractivity contribution < 1.29 is 52.3 Å². The van der Waals surface area contributed by atoms with Gasteiger partial charge in [0.25, 0.3) is 0 Å². The summed E-state index contributed by atoms with van der Waals surface area (Å²) >= 11 is 0. The molecule has 2 rings (SSSR count). The van der Waals surface area contributed by atoms with Gasteiger partial charge in [-0.15, -0.1) is 0 Å². The van der Waals surface area contributed by atoms with Gasteiger partial charge in [0.15, 0.2) is 11.5 Å². The average molecular weight is 576 g/mol. The van der Waals surface area contributed by atoms with Gasteiger partial charge in [0.05, 0.1) is 0 Å². The van der Waals surface area contributed by atoms with Crippen LogP contribution in [0.25, 0.3) is 0 Å². The van der Waals surface area contributed by atoms with Crippen LogP contribution in [0, 0.1) is 0 Å². The number of ether oxygens (including phenoxy) is 7. The average Bonchev–Trinajstić information content (AvgIpc) is 2.82. The lowest BCUT2D eigenvalue weighted by molar-refractivity contribution is -0.148. The van der Waals surface area contributed by atoms with E-state index >= 15 is 0 Å². The second kappa shape index (κ2) is 14.4. The third-order valence-corrected chi connectivity index (χ3v) is 4.63. The molecule has 0 amide bonds. The molecule has 0 radical (unpaired) electrons. The molecule has 0 aliphatic heterocycles. The van der Waals surface area contributed by atoms with Crippen LogP contribution in [0.5, 0.6) is 17.2 Å². The van der Waals surface area contributed by atoms with Crippen molar-refractivity contribution in [3.63, 3.8) is 0 Å². The highest BCUT2D eigenvalue weighted by atomic mass is 16.8. The van der Waals surface area contributed by atoms with Gasteiger partial charge in [-0.2, -0.15) is 0 Å². The first kappa shape index (κ1) is 32.9. The van der Waals surface area contributed by atoms with E-state index in [1.165, 1.54) is 25.1 Å². The van der Waals surface area contributed by atoms with E-state index in [4.69, 9.17) is 38.9 Å². The van der Waals surface area contributed by atoms with Crippen LogP contribution in [0.1, 0.15) is 54.0 Å². The smallest absolute Gasteiger partial charge is 0.461 e. The van der Waals surface area contributed by atoms with Gasteiger partial charge in [-0.05, 0) is 84.7 Å². The summed E-state index contributed by atoms with van der Waals surface area (Å²) in [5.74, 6) is -0.720. The fourth-order valence-electron chi connectivity index (χ4n) is 3.02. The molecule has 2 aromatic rings. The van der Waals surface area contributed by atoms with Crippen LogP contribution in [0.3, 0.4) is 0 Å². The second-order valence-corrected chi connectivity index (χ2v) is 10.9. The lowest BCUT2D eigenvalue weighted by Crippen LogP contribution is -2.36. The maximum Gasteiger partial charge on any atom is 0.514 e. The molecular weight excluding hydrogens is 538 g/mol. The molecule has 0 heterocycles. The zero-order valence-corrected chi connectivity index (χ0v) is 24.3. The molecule has 0 saturated heterocycles. The monoisotopic (exact) mass is 575 g/mol. The third kappa shape index (κ3) is 13.1. The van der Waals surface area contributed by atoms with E-state index < -0.39 is 47.8 Å². The quantitative estimate of drug-likeness (QED) is 0.233. The molecule has 2 N–H and O–H groups in total.